The Morgan fingerprint density at radius 1 is 1.17 bits per heavy atom. The lowest BCUT2D eigenvalue weighted by Gasteiger charge is -2.26. The second-order valence-electron chi connectivity index (χ2n) is 7.70. The van der Waals surface area contributed by atoms with Crippen molar-refractivity contribution in [3.63, 3.8) is 0 Å². The Hall–Kier alpha value is -2.32. The van der Waals surface area contributed by atoms with E-state index in [1.54, 1.807) is 7.11 Å². The molecule has 2 atom stereocenters. The number of benzene rings is 2. The van der Waals surface area contributed by atoms with Crippen molar-refractivity contribution in [2.45, 2.75) is 31.6 Å². The van der Waals surface area contributed by atoms with Gasteiger partial charge in [0.05, 0.1) is 31.1 Å². The predicted octanol–water partition coefficient (Wildman–Crippen LogP) is 3.16. The summed E-state index contributed by atoms with van der Waals surface area (Å²) in [7, 11) is -1.49. The van der Waals surface area contributed by atoms with E-state index in [1.807, 2.05) is 61.2 Å². The van der Waals surface area contributed by atoms with E-state index in [0.29, 0.717) is 5.17 Å². The molecule has 2 aliphatic heterocycles. The van der Waals surface area contributed by atoms with Crippen molar-refractivity contribution in [1.29, 1.82) is 0 Å². The third-order valence-corrected chi connectivity index (χ3v) is 8.85. The third-order valence-electron chi connectivity index (χ3n) is 5.64. The summed E-state index contributed by atoms with van der Waals surface area (Å²) in [5.74, 6) is 0.693. The van der Waals surface area contributed by atoms with Gasteiger partial charge in [-0.1, -0.05) is 36.0 Å². The first-order valence-electron chi connectivity index (χ1n) is 9.74. The van der Waals surface area contributed by atoms with E-state index in [1.165, 1.54) is 11.8 Å². The summed E-state index contributed by atoms with van der Waals surface area (Å²) < 4.78 is 29.6. The number of carbonyl (C=O) groups is 1. The summed E-state index contributed by atoms with van der Waals surface area (Å²) in [5.41, 5.74) is 3.96. The van der Waals surface area contributed by atoms with Gasteiger partial charge in [0.2, 0.25) is 0 Å². The average Bonchev–Trinajstić information content (AvgIpc) is 3.15. The highest BCUT2D eigenvalue weighted by Crippen LogP contribution is 2.42. The SMILES string of the molecule is COc1ccc(CC(=O)N=C2S[C@H]3CS(=O)(=O)C[C@@H]3N2c2cccc(C)c2C)cc1. The minimum atomic E-state index is -3.09. The largest absolute Gasteiger partial charge is 0.497 e. The number of methoxy groups -OCH3 is 1. The smallest absolute Gasteiger partial charge is 0.252 e. The minimum Gasteiger partial charge on any atom is -0.497 e. The quantitative estimate of drug-likeness (QED) is 0.721. The number of nitrogens with zero attached hydrogens (tertiary/aromatic N) is 2. The van der Waals surface area contributed by atoms with Gasteiger partial charge in [0.1, 0.15) is 5.75 Å². The summed E-state index contributed by atoms with van der Waals surface area (Å²) >= 11 is 1.40. The van der Waals surface area contributed by atoms with Crippen molar-refractivity contribution in [2.75, 3.05) is 23.5 Å². The molecule has 2 aliphatic rings. The molecule has 2 aromatic rings. The van der Waals surface area contributed by atoms with Gasteiger partial charge < -0.3 is 9.64 Å². The van der Waals surface area contributed by atoms with Gasteiger partial charge in [-0.25, -0.2) is 8.42 Å². The minimum absolute atomic E-state index is 0.0870. The Bertz CT molecular complexity index is 1110. The van der Waals surface area contributed by atoms with Gasteiger partial charge >= 0.3 is 0 Å². The molecule has 0 aromatic heterocycles. The number of hydrogen-bond donors (Lipinski definition) is 0. The Labute approximate surface area is 181 Å². The molecule has 0 bridgehead atoms. The van der Waals surface area contributed by atoms with Crippen LogP contribution in [0.4, 0.5) is 5.69 Å². The first kappa shape index (κ1) is 20.9. The molecule has 1 amide bonds. The molecule has 8 heteroatoms. The highest BCUT2D eigenvalue weighted by molar-refractivity contribution is 8.16. The molecule has 4 rings (SSSR count). The van der Waals surface area contributed by atoms with Crippen LogP contribution in [0.25, 0.3) is 0 Å². The van der Waals surface area contributed by atoms with Crippen molar-refractivity contribution in [1.82, 2.24) is 0 Å². The Morgan fingerprint density at radius 3 is 2.60 bits per heavy atom. The molecule has 2 saturated heterocycles. The molecule has 0 spiro atoms. The first-order valence-corrected chi connectivity index (χ1v) is 12.4. The van der Waals surface area contributed by atoms with E-state index in [0.717, 1.165) is 28.1 Å². The summed E-state index contributed by atoms with van der Waals surface area (Å²) in [6, 6.07) is 13.1. The number of hydrogen-bond acceptors (Lipinski definition) is 5. The van der Waals surface area contributed by atoms with Gasteiger partial charge in [-0.3, -0.25) is 4.79 Å². The summed E-state index contributed by atoms with van der Waals surface area (Å²) in [6.07, 6.45) is 0.183. The molecule has 0 saturated carbocycles. The van der Waals surface area contributed by atoms with Crippen LogP contribution in [0.15, 0.2) is 47.5 Å². The number of aliphatic imine (C=N–C) groups is 1. The molecular formula is C22H24N2O4S2. The molecule has 2 fully saturated rings. The summed E-state index contributed by atoms with van der Waals surface area (Å²) in [5, 5.41) is 0.481. The zero-order valence-electron chi connectivity index (χ0n) is 17.2. The van der Waals surface area contributed by atoms with Gasteiger partial charge in [-0.2, -0.15) is 4.99 Å². The van der Waals surface area contributed by atoms with Crippen LogP contribution in [0, 0.1) is 13.8 Å². The maximum atomic E-state index is 12.7. The molecule has 0 unspecified atom stereocenters. The van der Waals surface area contributed by atoms with Crippen LogP contribution in [0.2, 0.25) is 0 Å². The van der Waals surface area contributed by atoms with E-state index < -0.39 is 9.84 Å². The van der Waals surface area contributed by atoms with Gasteiger partial charge in [0, 0.05) is 10.9 Å². The summed E-state index contributed by atoms with van der Waals surface area (Å²) in [6.45, 7) is 4.04. The maximum absolute atomic E-state index is 12.7. The van der Waals surface area contributed by atoms with Gasteiger partial charge in [-0.05, 0) is 48.7 Å². The van der Waals surface area contributed by atoms with Crippen LogP contribution < -0.4 is 9.64 Å². The van der Waals surface area contributed by atoms with E-state index in [2.05, 4.69) is 4.99 Å². The highest BCUT2D eigenvalue weighted by Gasteiger charge is 2.49. The first-order chi connectivity index (χ1) is 14.3. The van der Waals surface area contributed by atoms with Crippen LogP contribution in [0.3, 0.4) is 0 Å². The number of ether oxygens (including phenoxy) is 1. The molecule has 2 heterocycles. The lowest BCUT2D eigenvalue weighted by Crippen LogP contribution is -2.38. The van der Waals surface area contributed by atoms with Crippen molar-refractivity contribution >= 4 is 38.4 Å². The fourth-order valence-corrected chi connectivity index (χ4v) is 7.83. The van der Waals surface area contributed by atoms with E-state index in [9.17, 15) is 13.2 Å². The fraction of sp³-hybridized carbons (Fsp3) is 0.364. The number of amidine groups is 1. The molecule has 6 nitrogen and oxygen atoms in total. The van der Waals surface area contributed by atoms with Crippen LogP contribution in [-0.2, 0) is 21.1 Å². The van der Waals surface area contributed by atoms with Crippen LogP contribution >= 0.6 is 11.8 Å². The number of sulfone groups is 1. The van der Waals surface area contributed by atoms with E-state index in [-0.39, 0.29) is 35.1 Å². The van der Waals surface area contributed by atoms with Gasteiger partial charge in [0.25, 0.3) is 5.91 Å². The molecule has 0 aliphatic carbocycles. The molecule has 30 heavy (non-hydrogen) atoms. The molecular weight excluding hydrogens is 420 g/mol. The van der Waals surface area contributed by atoms with Crippen molar-refractivity contribution in [3.05, 3.63) is 59.2 Å². The van der Waals surface area contributed by atoms with Crippen molar-refractivity contribution in [3.8, 4) is 5.75 Å². The van der Waals surface area contributed by atoms with Gasteiger partial charge in [-0.15, -0.1) is 0 Å². The number of anilines is 1. The van der Waals surface area contributed by atoms with Crippen LogP contribution in [-0.4, -0.2) is 49.4 Å². The number of carbonyl (C=O) groups excluding carboxylic acids is 1. The fourth-order valence-electron chi connectivity index (χ4n) is 3.91. The lowest BCUT2D eigenvalue weighted by atomic mass is 10.1. The highest BCUT2D eigenvalue weighted by atomic mass is 32.2. The zero-order chi connectivity index (χ0) is 21.5. The Kier molecular flexibility index (Phi) is 5.63. The molecule has 0 radical (unpaired) electrons. The zero-order valence-corrected chi connectivity index (χ0v) is 18.8. The second-order valence-corrected chi connectivity index (χ2v) is 11.1. The Morgan fingerprint density at radius 2 is 1.90 bits per heavy atom. The topological polar surface area (TPSA) is 76.0 Å². The number of aryl methyl sites for hydroxylation is 1. The number of rotatable bonds is 4. The monoisotopic (exact) mass is 444 g/mol. The molecule has 158 valence electrons. The lowest BCUT2D eigenvalue weighted by molar-refractivity contribution is -0.117. The molecule has 2 aromatic carbocycles. The maximum Gasteiger partial charge on any atom is 0.252 e. The normalized spacial score (nSPS) is 23.6. The summed E-state index contributed by atoms with van der Waals surface area (Å²) in [4.78, 5) is 19.1. The predicted molar refractivity (Wildman–Crippen MR) is 121 cm³/mol. The Balaban J connectivity index is 1.65. The molecule has 0 N–H and O–H groups in total. The van der Waals surface area contributed by atoms with E-state index >= 15 is 0 Å². The van der Waals surface area contributed by atoms with Gasteiger partial charge in [0.15, 0.2) is 15.0 Å². The number of fused-ring (bicyclic) bond motifs is 1. The van der Waals surface area contributed by atoms with Crippen molar-refractivity contribution < 1.29 is 17.9 Å². The number of thioether (sulfide) groups is 1. The third kappa shape index (κ3) is 4.11. The second kappa shape index (κ2) is 8.07. The van der Waals surface area contributed by atoms with Crippen LogP contribution in [0.1, 0.15) is 16.7 Å². The average molecular weight is 445 g/mol. The van der Waals surface area contributed by atoms with Crippen molar-refractivity contribution in [2.24, 2.45) is 4.99 Å². The number of amides is 1. The van der Waals surface area contributed by atoms with E-state index in [4.69, 9.17) is 4.74 Å². The van der Waals surface area contributed by atoms with Crippen LogP contribution in [0.5, 0.6) is 5.75 Å². The standard InChI is InChI=1S/C22H24N2O4S2/c1-14-5-4-6-18(15(14)2)24-19-12-30(26,27)13-20(19)29-22(24)23-21(25)11-16-7-9-17(28-3)10-8-16/h4-10,19-20H,11-13H2,1-3H3/t19-,20-/m0/s1.